The summed E-state index contributed by atoms with van der Waals surface area (Å²) in [4.78, 5) is 12.5. The second-order valence-electron chi connectivity index (χ2n) is 8.37. The van der Waals surface area contributed by atoms with Crippen molar-refractivity contribution in [1.29, 1.82) is 10.5 Å². The summed E-state index contributed by atoms with van der Waals surface area (Å²) in [6.45, 7) is 0.512. The molecule has 0 spiro atoms. The van der Waals surface area contributed by atoms with Crippen LogP contribution in [0.2, 0.25) is 0 Å². The molecule has 5 rings (SSSR count). The standard InChI is InChI=1S/C21H22N4O2/c22-11-19(12-23)25-24-18-3-1-2-17(7-18)20(26)27-13-21-8-14-4-15(9-21)6-16(5-14)10-21/h1-3,7,14-16,24H,4-6,8-10,13H2. The third-order valence-electron chi connectivity index (χ3n) is 6.28. The predicted molar refractivity (Wildman–Crippen MR) is 99.6 cm³/mol. The Bertz CT molecular complexity index is 810. The number of nitrogens with zero attached hydrogens (tertiary/aromatic N) is 3. The van der Waals surface area contributed by atoms with Gasteiger partial charge in [0, 0.05) is 5.41 Å². The minimum Gasteiger partial charge on any atom is -0.462 e. The summed E-state index contributed by atoms with van der Waals surface area (Å²) in [5, 5.41) is 21.1. The van der Waals surface area contributed by atoms with Crippen LogP contribution >= 0.6 is 0 Å². The maximum atomic E-state index is 12.5. The van der Waals surface area contributed by atoms with Crippen molar-refractivity contribution in [3.05, 3.63) is 29.8 Å². The minimum atomic E-state index is -0.334. The third kappa shape index (κ3) is 3.66. The summed E-state index contributed by atoms with van der Waals surface area (Å²) in [7, 11) is 0. The lowest BCUT2D eigenvalue weighted by atomic mass is 9.50. The molecule has 4 bridgehead atoms. The molecular weight excluding hydrogens is 340 g/mol. The van der Waals surface area contributed by atoms with Crippen LogP contribution in [0, 0.1) is 45.8 Å². The SMILES string of the molecule is N#CC(C#N)=NNc1cccc(C(=O)OCC23CC4CC(CC(C4)C2)C3)c1. The van der Waals surface area contributed by atoms with Crippen LogP contribution in [0.3, 0.4) is 0 Å². The van der Waals surface area contributed by atoms with Crippen LogP contribution in [-0.2, 0) is 4.74 Å². The molecule has 0 atom stereocenters. The summed E-state index contributed by atoms with van der Waals surface area (Å²) in [6, 6.07) is 10.1. The largest absolute Gasteiger partial charge is 0.462 e. The Labute approximate surface area is 158 Å². The fourth-order valence-corrected chi connectivity index (χ4v) is 5.68. The lowest BCUT2D eigenvalue weighted by Crippen LogP contribution is -2.48. The molecule has 1 aromatic rings. The Morgan fingerprint density at radius 1 is 1.15 bits per heavy atom. The first-order valence-electron chi connectivity index (χ1n) is 9.50. The van der Waals surface area contributed by atoms with Crippen molar-refractivity contribution in [2.45, 2.75) is 38.5 Å². The monoisotopic (exact) mass is 362 g/mol. The Morgan fingerprint density at radius 2 is 1.78 bits per heavy atom. The maximum absolute atomic E-state index is 12.5. The molecule has 4 fully saturated rings. The van der Waals surface area contributed by atoms with E-state index in [2.05, 4.69) is 10.5 Å². The highest BCUT2D eigenvalue weighted by atomic mass is 16.5. The number of nitrogens with one attached hydrogen (secondary N) is 1. The molecule has 0 radical (unpaired) electrons. The Kier molecular flexibility index (Phi) is 4.58. The van der Waals surface area contributed by atoms with Crippen molar-refractivity contribution in [2.24, 2.45) is 28.3 Å². The van der Waals surface area contributed by atoms with E-state index in [1.807, 2.05) is 0 Å². The lowest BCUT2D eigenvalue weighted by Gasteiger charge is -2.56. The summed E-state index contributed by atoms with van der Waals surface area (Å²) in [6.07, 6.45) is 7.72. The van der Waals surface area contributed by atoms with E-state index in [0.717, 1.165) is 17.8 Å². The second kappa shape index (κ2) is 7.04. The Hall–Kier alpha value is -2.86. The zero-order valence-corrected chi connectivity index (χ0v) is 15.1. The average Bonchev–Trinajstić information content (AvgIpc) is 2.66. The first-order valence-corrected chi connectivity index (χ1v) is 9.50. The molecule has 0 amide bonds. The van der Waals surface area contributed by atoms with Crippen LogP contribution in [-0.4, -0.2) is 18.3 Å². The van der Waals surface area contributed by atoms with Gasteiger partial charge in [-0.2, -0.15) is 15.6 Å². The molecule has 0 unspecified atom stereocenters. The van der Waals surface area contributed by atoms with Crippen molar-refractivity contribution in [1.82, 2.24) is 0 Å². The van der Waals surface area contributed by atoms with Gasteiger partial charge in [-0.05, 0) is 74.5 Å². The maximum Gasteiger partial charge on any atom is 0.338 e. The van der Waals surface area contributed by atoms with Crippen LogP contribution in [0.15, 0.2) is 29.4 Å². The molecule has 4 aliphatic rings. The van der Waals surface area contributed by atoms with E-state index in [1.54, 1.807) is 36.4 Å². The smallest absolute Gasteiger partial charge is 0.338 e. The van der Waals surface area contributed by atoms with Gasteiger partial charge in [0.05, 0.1) is 17.9 Å². The molecule has 4 saturated carbocycles. The number of carbonyl (C=O) groups excluding carboxylic acids is 1. The van der Waals surface area contributed by atoms with E-state index in [1.165, 1.54) is 38.5 Å². The Morgan fingerprint density at radius 3 is 2.37 bits per heavy atom. The van der Waals surface area contributed by atoms with Gasteiger partial charge in [0.25, 0.3) is 0 Å². The fraction of sp³-hybridized carbons (Fsp3) is 0.524. The van der Waals surface area contributed by atoms with Gasteiger partial charge in [-0.25, -0.2) is 4.79 Å². The molecule has 6 heteroatoms. The quantitative estimate of drug-likeness (QED) is 0.487. The summed E-state index contributed by atoms with van der Waals surface area (Å²) in [5.41, 5.74) is 3.52. The van der Waals surface area contributed by atoms with Crippen molar-refractivity contribution in [2.75, 3.05) is 12.0 Å². The van der Waals surface area contributed by atoms with Gasteiger partial charge in [-0.15, -0.1) is 0 Å². The molecule has 1 N–H and O–H groups in total. The van der Waals surface area contributed by atoms with Crippen LogP contribution in [0.25, 0.3) is 0 Å². The van der Waals surface area contributed by atoms with E-state index in [-0.39, 0.29) is 17.1 Å². The lowest BCUT2D eigenvalue weighted by molar-refractivity contribution is -0.0848. The molecule has 0 saturated heterocycles. The summed E-state index contributed by atoms with van der Waals surface area (Å²) < 4.78 is 5.73. The minimum absolute atomic E-state index is 0.194. The number of hydrazone groups is 1. The normalized spacial score (nSPS) is 30.1. The number of benzene rings is 1. The Balaban J connectivity index is 1.39. The molecule has 27 heavy (non-hydrogen) atoms. The van der Waals surface area contributed by atoms with E-state index in [9.17, 15) is 4.79 Å². The van der Waals surface area contributed by atoms with Crippen LogP contribution in [0.5, 0.6) is 0 Å². The van der Waals surface area contributed by atoms with Gasteiger partial charge in [-0.1, -0.05) is 6.07 Å². The third-order valence-corrected chi connectivity index (χ3v) is 6.28. The van der Waals surface area contributed by atoms with Crippen LogP contribution in [0.4, 0.5) is 5.69 Å². The van der Waals surface area contributed by atoms with Crippen molar-refractivity contribution >= 4 is 17.4 Å². The first-order chi connectivity index (χ1) is 13.1. The van der Waals surface area contributed by atoms with E-state index in [0.29, 0.717) is 17.9 Å². The zero-order chi connectivity index (χ0) is 18.9. The molecule has 1 aromatic carbocycles. The highest BCUT2D eigenvalue weighted by Gasteiger charge is 2.51. The molecule has 0 aliphatic heterocycles. The number of ether oxygens (including phenoxy) is 1. The topological polar surface area (TPSA) is 98.3 Å². The number of hydrogen-bond acceptors (Lipinski definition) is 6. The average molecular weight is 362 g/mol. The van der Waals surface area contributed by atoms with Crippen molar-refractivity contribution in [3.63, 3.8) is 0 Å². The van der Waals surface area contributed by atoms with E-state index < -0.39 is 0 Å². The number of esters is 1. The van der Waals surface area contributed by atoms with Crippen LogP contribution < -0.4 is 5.43 Å². The molecule has 4 aliphatic carbocycles. The number of rotatable bonds is 5. The van der Waals surface area contributed by atoms with E-state index in [4.69, 9.17) is 15.3 Å². The fourth-order valence-electron chi connectivity index (χ4n) is 5.68. The van der Waals surface area contributed by atoms with Crippen LogP contribution in [0.1, 0.15) is 48.9 Å². The van der Waals surface area contributed by atoms with Crippen molar-refractivity contribution < 1.29 is 9.53 Å². The van der Waals surface area contributed by atoms with Gasteiger partial charge in [0.1, 0.15) is 12.1 Å². The van der Waals surface area contributed by atoms with Gasteiger partial charge in [-0.3, -0.25) is 5.43 Å². The number of anilines is 1. The molecule has 138 valence electrons. The summed E-state index contributed by atoms with van der Waals surface area (Å²) >= 11 is 0. The van der Waals surface area contributed by atoms with Gasteiger partial charge in [0.15, 0.2) is 0 Å². The molecule has 6 nitrogen and oxygen atoms in total. The van der Waals surface area contributed by atoms with Gasteiger partial charge < -0.3 is 4.74 Å². The highest BCUT2D eigenvalue weighted by molar-refractivity contribution is 6.10. The highest BCUT2D eigenvalue weighted by Crippen LogP contribution is 2.60. The molecule has 0 heterocycles. The summed E-state index contributed by atoms with van der Waals surface area (Å²) in [5.74, 6) is 2.15. The molecular formula is C21H22N4O2. The van der Waals surface area contributed by atoms with Gasteiger partial charge >= 0.3 is 5.97 Å². The first kappa shape index (κ1) is 17.5. The zero-order valence-electron chi connectivity index (χ0n) is 15.1. The molecule has 0 aromatic heterocycles. The van der Waals surface area contributed by atoms with Crippen molar-refractivity contribution in [3.8, 4) is 12.1 Å². The predicted octanol–water partition coefficient (Wildman–Crippen LogP) is 3.87. The number of hydrogen-bond donors (Lipinski definition) is 1. The van der Waals surface area contributed by atoms with Gasteiger partial charge in [0.2, 0.25) is 5.71 Å². The van der Waals surface area contributed by atoms with E-state index >= 15 is 0 Å². The second-order valence-corrected chi connectivity index (χ2v) is 8.37. The number of carbonyl (C=O) groups is 1. The number of nitriles is 2.